The molecule has 3 rings (SSSR count). The van der Waals surface area contributed by atoms with Gasteiger partial charge in [0.15, 0.2) is 0 Å². The molecule has 0 radical (unpaired) electrons. The SMILES string of the molecule is COc1ccc2c(c1)CC(NCC(O)c1ccc(O)c(CO)c1)CC2. The monoisotopic (exact) mass is 343 g/mol. The first-order valence-corrected chi connectivity index (χ1v) is 8.60. The summed E-state index contributed by atoms with van der Waals surface area (Å²) in [7, 11) is 1.68. The topological polar surface area (TPSA) is 82.0 Å². The lowest BCUT2D eigenvalue weighted by molar-refractivity contribution is 0.168. The molecule has 1 aliphatic carbocycles. The van der Waals surface area contributed by atoms with Crippen molar-refractivity contribution in [3.05, 3.63) is 58.7 Å². The van der Waals surface area contributed by atoms with Crippen LogP contribution in [0, 0.1) is 0 Å². The Morgan fingerprint density at radius 2 is 2.04 bits per heavy atom. The number of ether oxygens (including phenoxy) is 1. The van der Waals surface area contributed by atoms with Crippen molar-refractivity contribution < 1.29 is 20.1 Å². The molecular weight excluding hydrogens is 318 g/mol. The van der Waals surface area contributed by atoms with Crippen LogP contribution in [0.3, 0.4) is 0 Å². The standard InChI is InChI=1S/C20H25NO4/c1-25-18-6-3-13-2-5-17(9-15(13)10-18)21-11-20(24)14-4-7-19(23)16(8-14)12-22/h3-4,6-8,10,17,20-24H,2,5,9,11-12H2,1H3. The molecule has 0 heterocycles. The number of hydrogen-bond donors (Lipinski definition) is 4. The van der Waals surface area contributed by atoms with Gasteiger partial charge >= 0.3 is 0 Å². The minimum Gasteiger partial charge on any atom is -0.508 e. The number of benzene rings is 2. The molecule has 2 aromatic carbocycles. The summed E-state index contributed by atoms with van der Waals surface area (Å²) in [6.45, 7) is 0.181. The van der Waals surface area contributed by atoms with Gasteiger partial charge in [0, 0.05) is 18.2 Å². The number of rotatable bonds is 6. The van der Waals surface area contributed by atoms with E-state index in [0.717, 1.165) is 25.0 Å². The maximum Gasteiger partial charge on any atom is 0.121 e. The quantitative estimate of drug-likeness (QED) is 0.646. The van der Waals surface area contributed by atoms with Crippen molar-refractivity contribution in [1.29, 1.82) is 0 Å². The first-order chi connectivity index (χ1) is 12.1. The fraction of sp³-hybridized carbons (Fsp3) is 0.400. The van der Waals surface area contributed by atoms with E-state index >= 15 is 0 Å². The van der Waals surface area contributed by atoms with Crippen molar-refractivity contribution in [3.8, 4) is 11.5 Å². The van der Waals surface area contributed by atoms with Crippen LogP contribution in [0.4, 0.5) is 0 Å². The van der Waals surface area contributed by atoms with Gasteiger partial charge in [-0.3, -0.25) is 0 Å². The number of aryl methyl sites for hydroxylation is 1. The highest BCUT2D eigenvalue weighted by molar-refractivity contribution is 5.38. The number of aromatic hydroxyl groups is 1. The van der Waals surface area contributed by atoms with Gasteiger partial charge in [0.05, 0.1) is 19.8 Å². The third-order valence-electron chi connectivity index (χ3n) is 4.90. The number of aliphatic hydroxyl groups is 2. The van der Waals surface area contributed by atoms with Crippen molar-refractivity contribution in [2.75, 3.05) is 13.7 Å². The summed E-state index contributed by atoms with van der Waals surface area (Å²) in [6.07, 6.45) is 2.28. The number of methoxy groups -OCH3 is 1. The lowest BCUT2D eigenvalue weighted by Crippen LogP contribution is -2.37. The maximum absolute atomic E-state index is 10.4. The molecular formula is C20H25NO4. The summed E-state index contributed by atoms with van der Waals surface area (Å²) >= 11 is 0. The molecule has 0 amide bonds. The number of phenols is 1. The van der Waals surface area contributed by atoms with Gasteiger partial charge in [0.2, 0.25) is 0 Å². The van der Waals surface area contributed by atoms with E-state index in [0.29, 0.717) is 23.7 Å². The van der Waals surface area contributed by atoms with Gasteiger partial charge in [-0.1, -0.05) is 12.1 Å². The van der Waals surface area contributed by atoms with Crippen LogP contribution in [-0.2, 0) is 19.4 Å². The second kappa shape index (κ2) is 7.87. The zero-order valence-electron chi connectivity index (χ0n) is 14.4. The van der Waals surface area contributed by atoms with E-state index in [4.69, 9.17) is 4.74 Å². The molecule has 2 aromatic rings. The van der Waals surface area contributed by atoms with Gasteiger partial charge < -0.3 is 25.4 Å². The molecule has 2 unspecified atom stereocenters. The highest BCUT2D eigenvalue weighted by Crippen LogP contribution is 2.26. The molecule has 0 saturated heterocycles. The van der Waals surface area contributed by atoms with Crippen LogP contribution < -0.4 is 10.1 Å². The van der Waals surface area contributed by atoms with Crippen LogP contribution in [0.25, 0.3) is 0 Å². The van der Waals surface area contributed by atoms with E-state index in [-0.39, 0.29) is 12.4 Å². The molecule has 25 heavy (non-hydrogen) atoms. The van der Waals surface area contributed by atoms with Gasteiger partial charge in [-0.2, -0.15) is 0 Å². The zero-order chi connectivity index (χ0) is 17.8. The summed E-state index contributed by atoms with van der Waals surface area (Å²) in [4.78, 5) is 0. The summed E-state index contributed by atoms with van der Waals surface area (Å²) in [6, 6.07) is 11.4. The Kier molecular flexibility index (Phi) is 5.58. The Balaban J connectivity index is 1.60. The molecule has 0 saturated carbocycles. The van der Waals surface area contributed by atoms with Crippen molar-refractivity contribution in [2.24, 2.45) is 0 Å². The molecule has 2 atom stereocenters. The number of aliphatic hydroxyl groups excluding tert-OH is 2. The van der Waals surface area contributed by atoms with Crippen molar-refractivity contribution >= 4 is 0 Å². The molecule has 1 aliphatic rings. The van der Waals surface area contributed by atoms with E-state index in [2.05, 4.69) is 17.4 Å². The zero-order valence-corrected chi connectivity index (χ0v) is 14.4. The number of fused-ring (bicyclic) bond motifs is 1. The molecule has 0 bridgehead atoms. The molecule has 0 aliphatic heterocycles. The molecule has 0 fully saturated rings. The number of nitrogens with one attached hydrogen (secondary N) is 1. The molecule has 4 N–H and O–H groups in total. The van der Waals surface area contributed by atoms with Crippen LogP contribution in [0.2, 0.25) is 0 Å². The molecule has 5 heteroatoms. The van der Waals surface area contributed by atoms with E-state index in [1.54, 1.807) is 19.2 Å². The van der Waals surface area contributed by atoms with Gasteiger partial charge in [-0.15, -0.1) is 0 Å². The third-order valence-corrected chi connectivity index (χ3v) is 4.90. The molecule has 0 spiro atoms. The summed E-state index contributed by atoms with van der Waals surface area (Å²) < 4.78 is 5.30. The predicted octanol–water partition coefficient (Wildman–Crippen LogP) is 2.07. The Labute approximate surface area is 147 Å². The average Bonchev–Trinajstić information content (AvgIpc) is 2.65. The fourth-order valence-electron chi connectivity index (χ4n) is 3.37. The fourth-order valence-corrected chi connectivity index (χ4v) is 3.37. The summed E-state index contributed by atoms with van der Waals surface area (Å²) in [5.41, 5.74) is 3.78. The second-order valence-electron chi connectivity index (χ2n) is 6.54. The van der Waals surface area contributed by atoms with Crippen LogP contribution in [-0.4, -0.2) is 35.0 Å². The molecule has 5 nitrogen and oxygen atoms in total. The summed E-state index contributed by atoms with van der Waals surface area (Å²) in [5, 5.41) is 32.7. The van der Waals surface area contributed by atoms with Crippen LogP contribution in [0.15, 0.2) is 36.4 Å². The lowest BCUT2D eigenvalue weighted by atomic mass is 9.88. The Morgan fingerprint density at radius 1 is 1.20 bits per heavy atom. The smallest absolute Gasteiger partial charge is 0.121 e. The minimum atomic E-state index is -0.683. The van der Waals surface area contributed by atoms with E-state index in [1.165, 1.54) is 17.2 Å². The van der Waals surface area contributed by atoms with Crippen LogP contribution in [0.5, 0.6) is 11.5 Å². The predicted molar refractivity (Wildman–Crippen MR) is 95.8 cm³/mol. The highest BCUT2D eigenvalue weighted by atomic mass is 16.5. The Morgan fingerprint density at radius 3 is 2.80 bits per heavy atom. The normalized spacial score (nSPS) is 17.8. The first-order valence-electron chi connectivity index (χ1n) is 8.60. The van der Waals surface area contributed by atoms with Crippen LogP contribution >= 0.6 is 0 Å². The minimum absolute atomic E-state index is 0.0456. The third kappa shape index (κ3) is 4.12. The average molecular weight is 343 g/mol. The van der Waals surface area contributed by atoms with Crippen molar-refractivity contribution in [1.82, 2.24) is 5.32 Å². The van der Waals surface area contributed by atoms with Crippen molar-refractivity contribution in [3.63, 3.8) is 0 Å². The Bertz CT molecular complexity index is 732. The second-order valence-corrected chi connectivity index (χ2v) is 6.54. The van der Waals surface area contributed by atoms with Crippen LogP contribution in [0.1, 0.15) is 34.8 Å². The molecule has 0 aromatic heterocycles. The van der Waals surface area contributed by atoms with E-state index in [9.17, 15) is 15.3 Å². The first kappa shape index (κ1) is 17.7. The lowest BCUT2D eigenvalue weighted by Gasteiger charge is -2.27. The van der Waals surface area contributed by atoms with Gasteiger partial charge in [-0.25, -0.2) is 0 Å². The maximum atomic E-state index is 10.4. The number of hydrogen-bond acceptors (Lipinski definition) is 5. The summed E-state index contributed by atoms with van der Waals surface area (Å²) in [5.74, 6) is 0.921. The van der Waals surface area contributed by atoms with E-state index < -0.39 is 6.10 Å². The van der Waals surface area contributed by atoms with Gasteiger partial charge in [0.1, 0.15) is 11.5 Å². The van der Waals surface area contributed by atoms with Crippen molar-refractivity contribution in [2.45, 2.75) is 38.0 Å². The Hall–Kier alpha value is -2.08. The van der Waals surface area contributed by atoms with E-state index in [1.807, 2.05) is 6.07 Å². The molecule has 134 valence electrons. The van der Waals surface area contributed by atoms with Gasteiger partial charge in [-0.05, 0) is 60.2 Å². The largest absolute Gasteiger partial charge is 0.508 e. The van der Waals surface area contributed by atoms with Gasteiger partial charge in [0.25, 0.3) is 0 Å². The highest BCUT2D eigenvalue weighted by Gasteiger charge is 2.20.